The summed E-state index contributed by atoms with van der Waals surface area (Å²) in [7, 11) is 1.50. The maximum atomic E-state index is 12.1. The molecule has 0 bridgehead atoms. The molecule has 1 aliphatic heterocycles. The van der Waals surface area contributed by atoms with Gasteiger partial charge in [0, 0.05) is 30.6 Å². The zero-order valence-corrected chi connectivity index (χ0v) is 22.6. The van der Waals surface area contributed by atoms with Gasteiger partial charge in [0.25, 0.3) is 0 Å². The van der Waals surface area contributed by atoms with Gasteiger partial charge < -0.3 is 39.6 Å². The summed E-state index contributed by atoms with van der Waals surface area (Å²) in [5.74, 6) is -3.24. The molecular weight excluding hydrogens is 558 g/mol. The number of aliphatic hydroxyl groups excluding tert-OH is 1. The summed E-state index contributed by atoms with van der Waals surface area (Å²) in [6, 6.07) is 4.31. The fourth-order valence-electron chi connectivity index (χ4n) is 4.62. The Bertz CT molecular complexity index is 1490. The van der Waals surface area contributed by atoms with Crippen LogP contribution in [0.1, 0.15) is 24.1 Å². The van der Waals surface area contributed by atoms with Gasteiger partial charge in [-0.3, -0.25) is 14.5 Å². The van der Waals surface area contributed by atoms with E-state index in [0.717, 1.165) is 0 Å². The van der Waals surface area contributed by atoms with Crippen LogP contribution in [0.5, 0.6) is 5.75 Å². The first-order chi connectivity index (χ1) is 20.0. The maximum absolute atomic E-state index is 12.1. The van der Waals surface area contributed by atoms with Gasteiger partial charge in [0.15, 0.2) is 6.10 Å². The first-order valence-electron chi connectivity index (χ1n) is 13.0. The van der Waals surface area contributed by atoms with E-state index in [2.05, 4.69) is 15.6 Å². The van der Waals surface area contributed by atoms with Crippen molar-refractivity contribution < 1.29 is 48.7 Å². The number of likely N-dealkylation sites (tertiary alicyclic amines) is 1. The first-order valence-corrected chi connectivity index (χ1v) is 13.0. The first kappa shape index (κ1) is 30.6. The minimum Gasteiger partial charge on any atom is -0.497 e. The van der Waals surface area contributed by atoms with Crippen LogP contribution in [0.25, 0.3) is 11.0 Å². The minimum absolute atomic E-state index is 0.0359. The van der Waals surface area contributed by atoms with Gasteiger partial charge in [-0.2, -0.15) is 0 Å². The summed E-state index contributed by atoms with van der Waals surface area (Å²) in [5, 5.41) is 49.2. The van der Waals surface area contributed by atoms with Crippen molar-refractivity contribution in [3.63, 3.8) is 0 Å². The molecule has 1 fully saturated rings. The smallest absolute Gasteiger partial charge is 0.336 e. The molecule has 3 aromatic rings. The predicted molar refractivity (Wildman–Crippen MR) is 142 cm³/mol. The average molecular weight is 590 g/mol. The van der Waals surface area contributed by atoms with E-state index in [9.17, 15) is 34.5 Å². The Kier molecular flexibility index (Phi) is 9.84. The second-order valence-electron chi connectivity index (χ2n) is 9.76. The van der Waals surface area contributed by atoms with E-state index in [1.165, 1.54) is 17.9 Å². The number of fused-ring (bicyclic) bond motifs is 1. The topological polar surface area (TPSA) is 227 Å². The number of carboxylic acids is 3. The summed E-state index contributed by atoms with van der Waals surface area (Å²) in [4.78, 5) is 48.2. The number of rotatable bonds is 16. The molecule has 3 heterocycles. The molecule has 0 radical (unpaired) electrons. The lowest BCUT2D eigenvalue weighted by Gasteiger charge is -2.41. The van der Waals surface area contributed by atoms with Crippen LogP contribution in [-0.2, 0) is 32.3 Å². The number of hydrogen-bond acceptors (Lipinski definition) is 12. The number of aliphatic hydroxyl groups is 1. The number of nitrogens with one attached hydrogen (secondary N) is 1. The molecule has 0 amide bonds. The van der Waals surface area contributed by atoms with E-state index in [-0.39, 0.29) is 32.7 Å². The van der Waals surface area contributed by atoms with E-state index < -0.39 is 47.8 Å². The summed E-state index contributed by atoms with van der Waals surface area (Å²) < 4.78 is 17.9. The van der Waals surface area contributed by atoms with Crippen LogP contribution in [0, 0.1) is 0 Å². The third-order valence-electron chi connectivity index (χ3n) is 6.94. The van der Waals surface area contributed by atoms with Crippen molar-refractivity contribution in [2.75, 3.05) is 26.7 Å². The van der Waals surface area contributed by atoms with Crippen molar-refractivity contribution in [3.8, 4) is 5.75 Å². The molecule has 1 unspecified atom stereocenters. The van der Waals surface area contributed by atoms with Crippen molar-refractivity contribution in [2.24, 2.45) is 0 Å². The van der Waals surface area contributed by atoms with E-state index in [4.69, 9.17) is 19.0 Å². The molecule has 1 saturated heterocycles. The van der Waals surface area contributed by atoms with Gasteiger partial charge in [0.2, 0.25) is 0 Å². The second-order valence-corrected chi connectivity index (χ2v) is 9.76. The zero-order valence-electron chi connectivity index (χ0n) is 22.6. The number of aliphatic carboxylic acids is 3. The van der Waals surface area contributed by atoms with Gasteiger partial charge in [0.05, 0.1) is 32.6 Å². The Hall–Kier alpha value is -4.38. The highest BCUT2D eigenvalue weighted by Crippen LogP contribution is 2.23. The molecule has 16 nitrogen and oxygen atoms in total. The predicted octanol–water partition coefficient (Wildman–Crippen LogP) is -0.636. The number of benzene rings is 1. The molecule has 4 atom stereocenters. The molecule has 42 heavy (non-hydrogen) atoms. The maximum Gasteiger partial charge on any atom is 0.336 e. The number of ether oxygens (including phenoxy) is 2. The lowest BCUT2D eigenvalue weighted by Crippen LogP contribution is -2.59. The molecule has 1 aliphatic rings. The highest BCUT2D eigenvalue weighted by atomic mass is 16.5. The van der Waals surface area contributed by atoms with Crippen LogP contribution in [0.2, 0.25) is 0 Å². The van der Waals surface area contributed by atoms with Gasteiger partial charge in [0.1, 0.15) is 29.1 Å². The molecule has 0 spiro atoms. The zero-order chi connectivity index (χ0) is 30.4. The molecule has 226 valence electrons. The average Bonchev–Trinajstić information content (AvgIpc) is 3.36. The summed E-state index contributed by atoms with van der Waals surface area (Å²) >= 11 is 0. The van der Waals surface area contributed by atoms with Crippen LogP contribution in [-0.4, -0.2) is 109 Å². The van der Waals surface area contributed by atoms with Crippen molar-refractivity contribution in [3.05, 3.63) is 52.1 Å². The van der Waals surface area contributed by atoms with Crippen molar-refractivity contribution in [1.82, 2.24) is 25.2 Å². The number of carboxylic acid groups (broad SMARTS) is 3. The van der Waals surface area contributed by atoms with Crippen LogP contribution in [0.15, 0.2) is 39.7 Å². The SMILES string of the molecule is COc1ccc2c(Cn3cc(COC(CN4CC[C@H]4C(=O)O)[C@H](NCC[C@H](O)C(=O)O)C(=O)O)nn3)cc(=O)oc2c1. The standard InChI is InChI=1S/C26H31N5O11/c1-40-16-2-3-17-14(8-22(33)42-20(17)9-16)10-31-11-15(28-29-31)13-41-21(12-30-7-5-18(30)24(34)35)23(26(38)39)27-6-4-19(32)25(36)37/h2-3,8-9,11,18-19,21,23,27,32H,4-7,10,12-13H2,1H3,(H,34,35)(H,36,37)(H,38,39)/t18-,19-,21?,23-/m0/s1. The van der Waals surface area contributed by atoms with Gasteiger partial charge in [-0.25, -0.2) is 14.3 Å². The van der Waals surface area contributed by atoms with E-state index >= 15 is 0 Å². The molecule has 2 aromatic heterocycles. The number of nitrogens with zero attached hydrogens (tertiary/aromatic N) is 4. The van der Waals surface area contributed by atoms with Crippen molar-refractivity contribution in [2.45, 2.75) is 50.3 Å². The van der Waals surface area contributed by atoms with Gasteiger partial charge >= 0.3 is 23.5 Å². The Morgan fingerprint density at radius 3 is 2.62 bits per heavy atom. The fourth-order valence-corrected chi connectivity index (χ4v) is 4.62. The van der Waals surface area contributed by atoms with Gasteiger partial charge in [-0.05, 0) is 37.1 Å². The van der Waals surface area contributed by atoms with E-state index in [1.54, 1.807) is 29.3 Å². The fraction of sp³-hybridized carbons (Fsp3) is 0.462. The molecular formula is C26H31N5O11. The van der Waals surface area contributed by atoms with Gasteiger partial charge in [-0.1, -0.05) is 5.21 Å². The number of carbonyl (C=O) groups is 3. The molecule has 0 aliphatic carbocycles. The molecule has 4 rings (SSSR count). The molecule has 1 aromatic carbocycles. The lowest BCUT2D eigenvalue weighted by molar-refractivity contribution is -0.152. The highest BCUT2D eigenvalue weighted by molar-refractivity contribution is 5.81. The van der Waals surface area contributed by atoms with Crippen LogP contribution in [0.4, 0.5) is 0 Å². The Labute approximate surface area is 238 Å². The monoisotopic (exact) mass is 589 g/mol. The molecule has 5 N–H and O–H groups in total. The minimum atomic E-state index is -1.68. The summed E-state index contributed by atoms with van der Waals surface area (Å²) in [6.45, 7) is 0.250. The highest BCUT2D eigenvalue weighted by Gasteiger charge is 2.39. The quantitative estimate of drug-likeness (QED) is 0.131. The van der Waals surface area contributed by atoms with Crippen molar-refractivity contribution >= 4 is 28.9 Å². The normalized spacial score (nSPS) is 17.3. The number of methoxy groups -OCH3 is 1. The Morgan fingerprint density at radius 1 is 1.19 bits per heavy atom. The molecule has 0 saturated carbocycles. The van der Waals surface area contributed by atoms with Crippen LogP contribution in [0.3, 0.4) is 0 Å². The summed E-state index contributed by atoms with van der Waals surface area (Å²) in [5.41, 5.74) is 0.760. The van der Waals surface area contributed by atoms with E-state index in [0.29, 0.717) is 40.9 Å². The largest absolute Gasteiger partial charge is 0.497 e. The second kappa shape index (κ2) is 13.5. The third kappa shape index (κ3) is 7.47. The Balaban J connectivity index is 1.47. The van der Waals surface area contributed by atoms with Crippen LogP contribution < -0.4 is 15.7 Å². The summed E-state index contributed by atoms with van der Waals surface area (Å²) in [6.07, 6.45) is -1.01. The third-order valence-corrected chi connectivity index (χ3v) is 6.94. The molecule has 16 heteroatoms. The van der Waals surface area contributed by atoms with Gasteiger partial charge in [-0.15, -0.1) is 5.10 Å². The Morgan fingerprint density at radius 2 is 1.98 bits per heavy atom. The number of hydrogen-bond donors (Lipinski definition) is 5. The van der Waals surface area contributed by atoms with Crippen LogP contribution >= 0.6 is 0 Å². The van der Waals surface area contributed by atoms with Crippen molar-refractivity contribution in [1.29, 1.82) is 0 Å². The number of aromatic nitrogens is 3. The van der Waals surface area contributed by atoms with E-state index in [1.807, 2.05) is 0 Å². The lowest BCUT2D eigenvalue weighted by atomic mass is 10.0.